The summed E-state index contributed by atoms with van der Waals surface area (Å²) in [7, 11) is 0. The fourth-order valence-electron chi connectivity index (χ4n) is 2.52. The molecule has 1 aromatic carbocycles. The second-order valence-electron chi connectivity index (χ2n) is 5.37. The highest BCUT2D eigenvalue weighted by Gasteiger charge is 2.38. The van der Waals surface area contributed by atoms with Crippen molar-refractivity contribution in [2.24, 2.45) is 5.92 Å². The summed E-state index contributed by atoms with van der Waals surface area (Å²) < 4.78 is 27.9. The van der Waals surface area contributed by atoms with E-state index < -0.39 is 0 Å². The first kappa shape index (κ1) is 12.4. The Morgan fingerprint density at radius 2 is 1.83 bits per heavy atom. The Hall–Kier alpha value is -0.610. The van der Waals surface area contributed by atoms with Crippen molar-refractivity contribution in [1.82, 2.24) is 5.32 Å². The molecule has 0 saturated heterocycles. The molecule has 0 aromatic heterocycles. The second kappa shape index (κ2) is 4.49. The van der Waals surface area contributed by atoms with E-state index in [2.05, 4.69) is 19.2 Å². The van der Waals surface area contributed by atoms with E-state index in [9.17, 15) is 8.78 Å². The van der Waals surface area contributed by atoms with Crippen LogP contribution in [0.3, 0.4) is 0 Å². The third kappa shape index (κ3) is 2.05. The minimum Gasteiger partial charge on any atom is -0.307 e. The van der Waals surface area contributed by atoms with Gasteiger partial charge in [-0.2, -0.15) is 0 Å². The van der Waals surface area contributed by atoms with Gasteiger partial charge in [-0.15, -0.1) is 11.8 Å². The van der Waals surface area contributed by atoms with Crippen LogP contribution in [0, 0.1) is 17.6 Å². The van der Waals surface area contributed by atoms with Gasteiger partial charge in [0.15, 0.2) is 0 Å². The highest BCUT2D eigenvalue weighted by molar-refractivity contribution is 8.00. The van der Waals surface area contributed by atoms with Crippen LogP contribution in [0.4, 0.5) is 8.78 Å². The lowest BCUT2D eigenvalue weighted by Crippen LogP contribution is -2.36. The van der Waals surface area contributed by atoms with Crippen LogP contribution in [0.25, 0.3) is 0 Å². The number of rotatable bonds is 2. The lowest BCUT2D eigenvalue weighted by molar-refractivity contribution is 0.352. The number of hydrogen-bond donors (Lipinski definition) is 1. The maximum atomic E-state index is 14.1. The SMILES string of the molecule is CC1Sc2c(F)ccc(F)c2C(NC2CC2)C1C. The summed E-state index contributed by atoms with van der Waals surface area (Å²) in [5, 5.41) is 3.77. The fraction of sp³-hybridized carbons (Fsp3) is 0.571. The predicted molar refractivity (Wildman–Crippen MR) is 69.7 cm³/mol. The lowest BCUT2D eigenvalue weighted by atomic mass is 9.90. The standard InChI is InChI=1S/C14H17F2NS/c1-7-8(2)18-14-11(16)6-5-10(15)12(14)13(7)17-9-3-4-9/h5-9,13,17H,3-4H2,1-2H3. The number of halogens is 2. The van der Waals surface area contributed by atoms with Gasteiger partial charge in [-0.25, -0.2) is 8.78 Å². The van der Waals surface area contributed by atoms with Gasteiger partial charge >= 0.3 is 0 Å². The minimum absolute atomic E-state index is 0.0561. The van der Waals surface area contributed by atoms with E-state index >= 15 is 0 Å². The van der Waals surface area contributed by atoms with Crippen LogP contribution in [0.15, 0.2) is 17.0 Å². The number of nitrogens with one attached hydrogen (secondary N) is 1. The molecule has 1 nitrogen and oxygen atoms in total. The molecule has 2 aliphatic rings. The summed E-state index contributed by atoms with van der Waals surface area (Å²) in [6.07, 6.45) is 2.30. The van der Waals surface area contributed by atoms with Crippen LogP contribution in [0.5, 0.6) is 0 Å². The van der Waals surface area contributed by atoms with Gasteiger partial charge in [-0.3, -0.25) is 0 Å². The molecule has 18 heavy (non-hydrogen) atoms. The van der Waals surface area contributed by atoms with Crippen molar-refractivity contribution in [1.29, 1.82) is 0 Å². The van der Waals surface area contributed by atoms with Gasteiger partial charge in [-0.1, -0.05) is 13.8 Å². The van der Waals surface area contributed by atoms with E-state index in [4.69, 9.17) is 0 Å². The Kier molecular flexibility index (Phi) is 3.10. The summed E-state index contributed by atoms with van der Waals surface area (Å²) in [6, 6.07) is 2.92. The van der Waals surface area contributed by atoms with E-state index in [1.54, 1.807) is 0 Å². The van der Waals surface area contributed by atoms with E-state index in [0.717, 1.165) is 12.8 Å². The Labute approximate surface area is 110 Å². The average Bonchev–Trinajstić information content (AvgIpc) is 3.14. The van der Waals surface area contributed by atoms with Gasteiger partial charge in [0, 0.05) is 22.9 Å². The van der Waals surface area contributed by atoms with Crippen molar-refractivity contribution < 1.29 is 8.78 Å². The Balaban J connectivity index is 2.05. The molecule has 3 unspecified atom stereocenters. The van der Waals surface area contributed by atoms with Crippen LogP contribution in [-0.4, -0.2) is 11.3 Å². The molecule has 3 rings (SSSR count). The maximum Gasteiger partial charge on any atom is 0.137 e. The van der Waals surface area contributed by atoms with Crippen LogP contribution in [0.2, 0.25) is 0 Å². The molecular formula is C14H17F2NS. The van der Waals surface area contributed by atoms with Crippen LogP contribution in [0.1, 0.15) is 38.3 Å². The van der Waals surface area contributed by atoms with Gasteiger partial charge in [0.05, 0.1) is 4.90 Å². The van der Waals surface area contributed by atoms with Crippen LogP contribution >= 0.6 is 11.8 Å². The molecule has 1 aliphatic heterocycles. The van der Waals surface area contributed by atoms with Crippen molar-refractivity contribution in [2.75, 3.05) is 0 Å². The zero-order valence-corrected chi connectivity index (χ0v) is 11.4. The molecule has 1 aliphatic carbocycles. The Bertz CT molecular complexity index is 473. The first-order chi connectivity index (χ1) is 8.58. The first-order valence-corrected chi connectivity index (χ1v) is 7.36. The summed E-state index contributed by atoms with van der Waals surface area (Å²) >= 11 is 1.46. The molecule has 0 spiro atoms. The third-order valence-electron chi connectivity index (χ3n) is 3.97. The molecule has 1 aromatic rings. The maximum absolute atomic E-state index is 14.1. The first-order valence-electron chi connectivity index (χ1n) is 6.48. The predicted octanol–water partition coefficient (Wildman–Crippen LogP) is 3.89. The molecule has 1 saturated carbocycles. The van der Waals surface area contributed by atoms with E-state index in [0.29, 0.717) is 27.7 Å². The van der Waals surface area contributed by atoms with Crippen LogP contribution < -0.4 is 5.32 Å². The van der Waals surface area contributed by atoms with Gasteiger partial charge in [0.1, 0.15) is 11.6 Å². The van der Waals surface area contributed by atoms with E-state index in [1.165, 1.54) is 23.9 Å². The lowest BCUT2D eigenvalue weighted by Gasteiger charge is -2.36. The monoisotopic (exact) mass is 269 g/mol. The molecular weight excluding hydrogens is 252 g/mol. The van der Waals surface area contributed by atoms with Crippen molar-refractivity contribution >= 4 is 11.8 Å². The summed E-state index contributed by atoms with van der Waals surface area (Å²) in [5.41, 5.74) is 0.539. The molecule has 1 heterocycles. The largest absolute Gasteiger partial charge is 0.307 e. The molecule has 3 atom stereocenters. The second-order valence-corrected chi connectivity index (χ2v) is 6.76. The van der Waals surface area contributed by atoms with Crippen molar-refractivity contribution in [3.63, 3.8) is 0 Å². The number of thioether (sulfide) groups is 1. The number of hydrogen-bond acceptors (Lipinski definition) is 2. The van der Waals surface area contributed by atoms with Crippen molar-refractivity contribution in [2.45, 2.75) is 48.9 Å². The topological polar surface area (TPSA) is 12.0 Å². The normalized spacial score (nSPS) is 31.2. The average molecular weight is 269 g/mol. The zero-order valence-electron chi connectivity index (χ0n) is 10.5. The zero-order chi connectivity index (χ0) is 12.9. The fourth-order valence-corrected chi connectivity index (χ4v) is 3.80. The minimum atomic E-state index is -0.294. The third-order valence-corrected chi connectivity index (χ3v) is 5.42. The summed E-state index contributed by atoms with van der Waals surface area (Å²) in [6.45, 7) is 4.20. The molecule has 0 radical (unpaired) electrons. The van der Waals surface area contributed by atoms with Gasteiger partial charge in [0.25, 0.3) is 0 Å². The number of benzene rings is 1. The number of fused-ring (bicyclic) bond motifs is 1. The quantitative estimate of drug-likeness (QED) is 0.874. The van der Waals surface area contributed by atoms with E-state index in [-0.39, 0.29) is 17.7 Å². The molecule has 98 valence electrons. The molecule has 1 N–H and O–H groups in total. The Morgan fingerprint density at radius 1 is 1.17 bits per heavy atom. The van der Waals surface area contributed by atoms with Gasteiger partial charge < -0.3 is 5.32 Å². The highest BCUT2D eigenvalue weighted by Crippen LogP contribution is 2.47. The smallest absolute Gasteiger partial charge is 0.137 e. The van der Waals surface area contributed by atoms with Crippen LogP contribution in [-0.2, 0) is 0 Å². The summed E-state index contributed by atoms with van der Waals surface area (Å²) in [4.78, 5) is 0.499. The highest BCUT2D eigenvalue weighted by atomic mass is 32.2. The van der Waals surface area contributed by atoms with Crippen molar-refractivity contribution in [3.05, 3.63) is 29.3 Å². The molecule has 1 fully saturated rings. The van der Waals surface area contributed by atoms with Gasteiger partial charge in [-0.05, 0) is 30.9 Å². The van der Waals surface area contributed by atoms with Crippen molar-refractivity contribution in [3.8, 4) is 0 Å². The molecule has 0 amide bonds. The molecule has 0 bridgehead atoms. The summed E-state index contributed by atoms with van der Waals surface area (Å²) in [5.74, 6) is -0.270. The van der Waals surface area contributed by atoms with E-state index in [1.807, 2.05) is 0 Å². The molecule has 4 heteroatoms. The van der Waals surface area contributed by atoms with Gasteiger partial charge in [0.2, 0.25) is 0 Å². The Morgan fingerprint density at radius 3 is 2.50 bits per heavy atom.